The molecular formula is C24H30N4. The summed E-state index contributed by atoms with van der Waals surface area (Å²) in [6.45, 7) is 10.6. The summed E-state index contributed by atoms with van der Waals surface area (Å²) < 4.78 is 0. The summed E-state index contributed by atoms with van der Waals surface area (Å²) >= 11 is 0. The van der Waals surface area contributed by atoms with Crippen molar-refractivity contribution < 1.29 is 0 Å². The SMILES string of the molecule is Cc1ccc(N2CCN(/N=C/C=C3/N(C)c4ccccc4C3(C)C)CC2)cc1. The van der Waals surface area contributed by atoms with Crippen LogP contribution in [0.15, 0.2) is 65.4 Å². The minimum absolute atomic E-state index is 0.00149. The number of fused-ring (bicyclic) bond motifs is 1. The van der Waals surface area contributed by atoms with Crippen LogP contribution in [0.2, 0.25) is 0 Å². The molecule has 0 atom stereocenters. The predicted molar refractivity (Wildman–Crippen MR) is 119 cm³/mol. The van der Waals surface area contributed by atoms with Crippen LogP contribution in [0.3, 0.4) is 0 Å². The van der Waals surface area contributed by atoms with Gasteiger partial charge < -0.3 is 9.80 Å². The summed E-state index contributed by atoms with van der Waals surface area (Å²) in [4.78, 5) is 4.73. The second-order valence-corrected chi connectivity index (χ2v) is 8.29. The maximum Gasteiger partial charge on any atom is 0.0536 e. The van der Waals surface area contributed by atoms with Crippen LogP contribution in [0.1, 0.15) is 25.0 Å². The van der Waals surface area contributed by atoms with Gasteiger partial charge in [0.1, 0.15) is 0 Å². The number of benzene rings is 2. The van der Waals surface area contributed by atoms with Crippen molar-refractivity contribution in [3.05, 3.63) is 71.4 Å². The molecule has 4 rings (SSSR count). The van der Waals surface area contributed by atoms with E-state index in [4.69, 9.17) is 5.10 Å². The van der Waals surface area contributed by atoms with E-state index in [1.807, 2.05) is 6.21 Å². The van der Waals surface area contributed by atoms with Crippen LogP contribution in [-0.2, 0) is 5.41 Å². The number of allylic oxidation sites excluding steroid dienone is 2. The summed E-state index contributed by atoms with van der Waals surface area (Å²) in [5.41, 5.74) is 6.57. The molecule has 4 heteroatoms. The lowest BCUT2D eigenvalue weighted by Gasteiger charge is -2.34. The highest BCUT2D eigenvalue weighted by atomic mass is 15.5. The van der Waals surface area contributed by atoms with Crippen molar-refractivity contribution in [1.82, 2.24) is 5.01 Å². The van der Waals surface area contributed by atoms with E-state index in [0.717, 1.165) is 26.2 Å². The van der Waals surface area contributed by atoms with Gasteiger partial charge in [0.15, 0.2) is 0 Å². The molecule has 28 heavy (non-hydrogen) atoms. The van der Waals surface area contributed by atoms with Gasteiger partial charge in [-0.15, -0.1) is 0 Å². The number of rotatable bonds is 3. The Balaban J connectivity index is 1.40. The van der Waals surface area contributed by atoms with Crippen molar-refractivity contribution in [3.63, 3.8) is 0 Å². The lowest BCUT2D eigenvalue weighted by atomic mass is 9.84. The molecule has 0 N–H and O–H groups in total. The second kappa shape index (κ2) is 7.34. The molecule has 0 aliphatic carbocycles. The van der Waals surface area contributed by atoms with E-state index in [0.29, 0.717) is 0 Å². The molecule has 0 amide bonds. The minimum Gasteiger partial charge on any atom is -0.368 e. The minimum atomic E-state index is 0.00149. The number of hydrogen-bond acceptors (Lipinski definition) is 4. The fourth-order valence-corrected chi connectivity index (χ4v) is 4.33. The molecule has 2 aliphatic heterocycles. The summed E-state index contributed by atoms with van der Waals surface area (Å²) in [6, 6.07) is 17.5. The number of piperazine rings is 1. The van der Waals surface area contributed by atoms with Crippen LogP contribution in [0.5, 0.6) is 0 Å². The van der Waals surface area contributed by atoms with Gasteiger partial charge in [-0.05, 0) is 36.8 Å². The fraction of sp³-hybridized carbons (Fsp3) is 0.375. The molecule has 2 heterocycles. The first-order chi connectivity index (χ1) is 13.5. The molecule has 0 spiro atoms. The molecule has 2 aromatic rings. The van der Waals surface area contributed by atoms with Gasteiger partial charge in [0.2, 0.25) is 0 Å². The van der Waals surface area contributed by atoms with Crippen LogP contribution in [0, 0.1) is 6.92 Å². The molecule has 4 nitrogen and oxygen atoms in total. The van der Waals surface area contributed by atoms with Gasteiger partial charge >= 0.3 is 0 Å². The highest BCUT2D eigenvalue weighted by Crippen LogP contribution is 2.46. The lowest BCUT2D eigenvalue weighted by Crippen LogP contribution is -2.44. The van der Waals surface area contributed by atoms with Gasteiger partial charge in [0.05, 0.1) is 13.1 Å². The van der Waals surface area contributed by atoms with Crippen molar-refractivity contribution in [2.75, 3.05) is 43.0 Å². The van der Waals surface area contributed by atoms with E-state index in [9.17, 15) is 0 Å². The van der Waals surface area contributed by atoms with Crippen molar-refractivity contribution in [3.8, 4) is 0 Å². The Morgan fingerprint density at radius 1 is 0.929 bits per heavy atom. The van der Waals surface area contributed by atoms with Crippen LogP contribution in [0.25, 0.3) is 0 Å². The van der Waals surface area contributed by atoms with E-state index in [1.165, 1.54) is 28.2 Å². The predicted octanol–water partition coefficient (Wildman–Crippen LogP) is 4.41. The van der Waals surface area contributed by atoms with E-state index >= 15 is 0 Å². The fourth-order valence-electron chi connectivity index (χ4n) is 4.33. The Labute approximate surface area is 168 Å². The van der Waals surface area contributed by atoms with Gasteiger partial charge in [-0.3, -0.25) is 5.01 Å². The third-order valence-corrected chi connectivity index (χ3v) is 6.06. The highest BCUT2D eigenvalue weighted by Gasteiger charge is 2.37. The molecule has 0 aromatic heterocycles. The Kier molecular flexibility index (Phi) is 4.88. The molecule has 0 bridgehead atoms. The molecule has 1 saturated heterocycles. The topological polar surface area (TPSA) is 22.1 Å². The zero-order chi connectivity index (χ0) is 19.7. The van der Waals surface area contributed by atoms with Crippen LogP contribution in [-0.4, -0.2) is 44.5 Å². The summed E-state index contributed by atoms with van der Waals surface area (Å²) in [7, 11) is 2.15. The molecule has 2 aromatic carbocycles. The highest BCUT2D eigenvalue weighted by molar-refractivity contribution is 5.79. The monoisotopic (exact) mass is 374 g/mol. The third-order valence-electron chi connectivity index (χ3n) is 6.06. The molecule has 2 aliphatic rings. The number of para-hydroxylation sites is 1. The number of likely N-dealkylation sites (N-methyl/N-ethyl adjacent to an activating group) is 1. The maximum atomic E-state index is 4.73. The largest absolute Gasteiger partial charge is 0.368 e. The van der Waals surface area contributed by atoms with Crippen molar-refractivity contribution in [1.29, 1.82) is 0 Å². The van der Waals surface area contributed by atoms with Crippen molar-refractivity contribution in [2.45, 2.75) is 26.2 Å². The molecule has 1 fully saturated rings. The average Bonchev–Trinajstić information content (AvgIpc) is 2.90. The Morgan fingerprint density at radius 3 is 2.29 bits per heavy atom. The first-order valence-corrected chi connectivity index (χ1v) is 10.1. The van der Waals surface area contributed by atoms with E-state index in [1.54, 1.807) is 0 Å². The molecule has 0 unspecified atom stereocenters. The number of aryl methyl sites for hydroxylation is 1. The zero-order valence-corrected chi connectivity index (χ0v) is 17.4. The van der Waals surface area contributed by atoms with Gasteiger partial charge in [-0.25, -0.2) is 0 Å². The van der Waals surface area contributed by atoms with Gasteiger partial charge in [0, 0.05) is 48.8 Å². The number of nitrogens with zero attached hydrogens (tertiary/aromatic N) is 4. The Hall–Kier alpha value is -2.75. The second-order valence-electron chi connectivity index (χ2n) is 8.29. The maximum absolute atomic E-state index is 4.73. The Bertz CT molecular complexity index is 887. The summed E-state index contributed by atoms with van der Waals surface area (Å²) in [5.74, 6) is 0. The molecule has 0 saturated carbocycles. The van der Waals surface area contributed by atoms with Crippen LogP contribution >= 0.6 is 0 Å². The van der Waals surface area contributed by atoms with E-state index < -0.39 is 0 Å². The summed E-state index contributed by atoms with van der Waals surface area (Å²) in [5, 5.41) is 6.91. The lowest BCUT2D eigenvalue weighted by molar-refractivity contribution is 0.272. The standard InChI is InChI=1S/C24H30N4/c1-19-9-11-20(12-10-19)27-15-17-28(18-16-27)25-14-13-23-24(2,3)21-7-5-6-8-22(21)26(23)4/h5-14H,15-18H2,1-4H3/b23-13+,25-14+. The number of anilines is 2. The molecular weight excluding hydrogens is 344 g/mol. The normalized spacial score (nSPS) is 20.3. The average molecular weight is 375 g/mol. The number of hydrazone groups is 1. The van der Waals surface area contributed by atoms with Crippen LogP contribution < -0.4 is 9.80 Å². The van der Waals surface area contributed by atoms with E-state index in [-0.39, 0.29) is 5.41 Å². The van der Waals surface area contributed by atoms with E-state index in [2.05, 4.69) is 97.2 Å². The van der Waals surface area contributed by atoms with Gasteiger partial charge in [-0.1, -0.05) is 49.7 Å². The molecule has 146 valence electrons. The molecule has 0 radical (unpaired) electrons. The van der Waals surface area contributed by atoms with Crippen LogP contribution in [0.4, 0.5) is 11.4 Å². The first-order valence-electron chi connectivity index (χ1n) is 10.1. The third kappa shape index (κ3) is 3.39. The number of hydrogen-bond donors (Lipinski definition) is 0. The van der Waals surface area contributed by atoms with Crippen molar-refractivity contribution >= 4 is 17.6 Å². The summed E-state index contributed by atoms with van der Waals surface area (Å²) in [6.07, 6.45) is 4.15. The quantitative estimate of drug-likeness (QED) is 0.743. The smallest absolute Gasteiger partial charge is 0.0536 e. The Morgan fingerprint density at radius 2 is 1.61 bits per heavy atom. The zero-order valence-electron chi connectivity index (χ0n) is 17.4. The first kappa shape index (κ1) is 18.6. The van der Waals surface area contributed by atoms with Crippen molar-refractivity contribution in [2.24, 2.45) is 5.10 Å². The van der Waals surface area contributed by atoms with Gasteiger partial charge in [0.25, 0.3) is 0 Å². The van der Waals surface area contributed by atoms with Gasteiger partial charge in [-0.2, -0.15) is 5.10 Å².